The molecule has 0 spiro atoms. The van der Waals surface area contributed by atoms with Gasteiger partial charge in [0.05, 0.1) is 6.61 Å². The van der Waals surface area contributed by atoms with E-state index in [1.165, 1.54) is 11.8 Å². The molecule has 1 aromatic carbocycles. The van der Waals surface area contributed by atoms with Crippen LogP contribution in [0.2, 0.25) is 0 Å². The molecule has 0 saturated heterocycles. The summed E-state index contributed by atoms with van der Waals surface area (Å²) in [6, 6.07) is 8.23. The summed E-state index contributed by atoms with van der Waals surface area (Å²) in [5.41, 5.74) is 0.636. The Labute approximate surface area is 143 Å². The topological polar surface area (TPSA) is 75.7 Å². The molecule has 0 aliphatic carbocycles. The van der Waals surface area contributed by atoms with Crippen LogP contribution in [-0.2, 0) is 19.1 Å². The van der Waals surface area contributed by atoms with Crippen molar-refractivity contribution in [2.24, 2.45) is 5.92 Å². The van der Waals surface area contributed by atoms with Gasteiger partial charge in [-0.1, -0.05) is 32.0 Å². The van der Waals surface area contributed by atoms with Gasteiger partial charge in [0.15, 0.2) is 0 Å². The van der Waals surface area contributed by atoms with E-state index in [2.05, 4.69) is 5.32 Å². The van der Waals surface area contributed by atoms with Crippen molar-refractivity contribution in [3.63, 3.8) is 0 Å². The van der Waals surface area contributed by atoms with Crippen LogP contribution in [0, 0.1) is 5.92 Å². The monoisotopic (exact) mass is 334 g/mol. The van der Waals surface area contributed by atoms with Crippen LogP contribution in [0.25, 0.3) is 0 Å². The van der Waals surface area contributed by atoms with Gasteiger partial charge in [0.2, 0.25) is 11.8 Å². The summed E-state index contributed by atoms with van der Waals surface area (Å²) in [6.07, 6.45) is 0.482. The predicted molar refractivity (Wildman–Crippen MR) is 92.5 cm³/mol. The molecule has 1 N–H and O–H groups in total. The molecule has 6 nitrogen and oxygen atoms in total. The van der Waals surface area contributed by atoms with Gasteiger partial charge in [0.1, 0.15) is 12.6 Å². The van der Waals surface area contributed by atoms with Gasteiger partial charge in [-0.2, -0.15) is 0 Å². The highest BCUT2D eigenvalue weighted by molar-refractivity contribution is 5.98. The summed E-state index contributed by atoms with van der Waals surface area (Å²) >= 11 is 0. The van der Waals surface area contributed by atoms with Gasteiger partial charge in [-0.05, 0) is 31.4 Å². The first-order chi connectivity index (χ1) is 11.3. The zero-order valence-corrected chi connectivity index (χ0v) is 14.7. The molecule has 0 bridgehead atoms. The van der Waals surface area contributed by atoms with E-state index in [9.17, 15) is 14.4 Å². The molecule has 0 aliphatic heterocycles. The van der Waals surface area contributed by atoms with Crippen LogP contribution in [-0.4, -0.2) is 37.0 Å². The number of nitrogens with one attached hydrogen (secondary N) is 1. The Balaban J connectivity index is 2.78. The first-order valence-electron chi connectivity index (χ1n) is 8.14. The average molecular weight is 334 g/mol. The number of esters is 1. The number of carbonyl (C=O) groups excluding carboxylic acids is 3. The lowest BCUT2D eigenvalue weighted by Crippen LogP contribution is -2.47. The van der Waals surface area contributed by atoms with Gasteiger partial charge in [-0.25, -0.2) is 4.79 Å². The smallest absolute Gasteiger partial charge is 0.328 e. The summed E-state index contributed by atoms with van der Waals surface area (Å²) < 4.78 is 5.01. The molecule has 1 aromatic rings. The van der Waals surface area contributed by atoms with E-state index in [0.717, 1.165) is 0 Å². The third kappa shape index (κ3) is 6.40. The number of hydrogen-bond donors (Lipinski definition) is 1. The van der Waals surface area contributed by atoms with Gasteiger partial charge < -0.3 is 15.0 Å². The molecule has 6 heteroatoms. The molecule has 0 saturated carbocycles. The van der Waals surface area contributed by atoms with Crippen LogP contribution in [0.15, 0.2) is 30.3 Å². The lowest BCUT2D eigenvalue weighted by Gasteiger charge is -2.23. The maximum atomic E-state index is 12.3. The number of amides is 2. The number of para-hydroxylation sites is 1. The Morgan fingerprint density at radius 3 is 2.29 bits per heavy atom. The van der Waals surface area contributed by atoms with Crippen LogP contribution in [0.4, 0.5) is 5.69 Å². The maximum Gasteiger partial charge on any atom is 0.328 e. The highest BCUT2D eigenvalue weighted by Gasteiger charge is 2.24. The molecule has 0 aliphatic rings. The van der Waals surface area contributed by atoms with E-state index in [1.807, 2.05) is 19.9 Å². The van der Waals surface area contributed by atoms with Gasteiger partial charge in [-0.3, -0.25) is 9.59 Å². The highest BCUT2D eigenvalue weighted by atomic mass is 16.5. The summed E-state index contributed by atoms with van der Waals surface area (Å²) in [5, 5.41) is 2.68. The molecule has 2 amide bonds. The number of ether oxygens (including phenoxy) is 1. The van der Waals surface area contributed by atoms with Crippen molar-refractivity contribution >= 4 is 23.5 Å². The summed E-state index contributed by atoms with van der Waals surface area (Å²) in [7, 11) is 0. The van der Waals surface area contributed by atoms with E-state index in [1.54, 1.807) is 31.2 Å². The van der Waals surface area contributed by atoms with Gasteiger partial charge in [0.25, 0.3) is 0 Å². The van der Waals surface area contributed by atoms with Gasteiger partial charge in [0, 0.05) is 12.6 Å². The standard InChI is InChI=1S/C18H26N2O4/c1-5-24-18(23)16(11-13(2)3)19-17(22)12-20(14(4)21)15-9-7-6-8-10-15/h6-10,13,16H,5,11-12H2,1-4H3,(H,19,22)/t16-/m0/s1. The summed E-state index contributed by atoms with van der Waals surface area (Å²) in [6.45, 7) is 7.16. The SMILES string of the molecule is CCOC(=O)[C@H](CC(C)C)NC(=O)CN(C(C)=O)c1ccccc1. The lowest BCUT2D eigenvalue weighted by molar-refractivity contribution is -0.147. The number of hydrogen-bond acceptors (Lipinski definition) is 4. The fourth-order valence-electron chi connectivity index (χ4n) is 2.30. The Bertz CT molecular complexity index is 557. The third-order valence-corrected chi connectivity index (χ3v) is 3.36. The predicted octanol–water partition coefficient (Wildman–Crippen LogP) is 2.13. The zero-order valence-electron chi connectivity index (χ0n) is 14.7. The van der Waals surface area contributed by atoms with E-state index in [4.69, 9.17) is 4.74 Å². The Kier molecular flexibility index (Phi) is 7.95. The molecule has 0 unspecified atom stereocenters. The molecule has 1 rings (SSSR count). The summed E-state index contributed by atoms with van der Waals surface area (Å²) in [5.74, 6) is -0.868. The Hall–Kier alpha value is -2.37. The number of nitrogens with zero attached hydrogens (tertiary/aromatic N) is 1. The van der Waals surface area contributed by atoms with E-state index in [0.29, 0.717) is 12.1 Å². The molecular weight excluding hydrogens is 308 g/mol. The molecule has 24 heavy (non-hydrogen) atoms. The van der Waals surface area contributed by atoms with Gasteiger partial charge >= 0.3 is 5.97 Å². The summed E-state index contributed by atoms with van der Waals surface area (Å²) in [4.78, 5) is 37.5. The average Bonchev–Trinajstić information content (AvgIpc) is 2.52. The van der Waals surface area contributed by atoms with Crippen molar-refractivity contribution in [3.05, 3.63) is 30.3 Å². The largest absolute Gasteiger partial charge is 0.464 e. The number of rotatable bonds is 8. The van der Waals surface area contributed by atoms with E-state index >= 15 is 0 Å². The molecule has 0 aromatic heterocycles. The second-order valence-corrected chi connectivity index (χ2v) is 5.94. The quantitative estimate of drug-likeness (QED) is 0.739. The Morgan fingerprint density at radius 2 is 1.79 bits per heavy atom. The van der Waals surface area contributed by atoms with Crippen LogP contribution in [0.5, 0.6) is 0 Å². The fourth-order valence-corrected chi connectivity index (χ4v) is 2.30. The number of benzene rings is 1. The van der Waals surface area contributed by atoms with Crippen molar-refractivity contribution in [1.29, 1.82) is 0 Å². The minimum Gasteiger partial charge on any atom is -0.464 e. The normalized spacial score (nSPS) is 11.7. The second kappa shape index (κ2) is 9.70. The molecular formula is C18H26N2O4. The minimum atomic E-state index is -0.706. The molecule has 0 radical (unpaired) electrons. The fraction of sp³-hybridized carbons (Fsp3) is 0.500. The van der Waals surface area contributed by atoms with Crippen LogP contribution >= 0.6 is 0 Å². The molecule has 0 heterocycles. The lowest BCUT2D eigenvalue weighted by atomic mass is 10.0. The van der Waals surface area contributed by atoms with Crippen LogP contribution in [0.3, 0.4) is 0 Å². The third-order valence-electron chi connectivity index (χ3n) is 3.36. The van der Waals surface area contributed by atoms with Crippen molar-refractivity contribution in [3.8, 4) is 0 Å². The minimum absolute atomic E-state index is 0.145. The van der Waals surface area contributed by atoms with Crippen molar-refractivity contribution in [2.45, 2.75) is 40.2 Å². The van der Waals surface area contributed by atoms with E-state index in [-0.39, 0.29) is 25.0 Å². The number of anilines is 1. The van der Waals surface area contributed by atoms with Crippen molar-refractivity contribution in [2.75, 3.05) is 18.1 Å². The first-order valence-corrected chi connectivity index (χ1v) is 8.14. The van der Waals surface area contributed by atoms with Crippen LogP contribution < -0.4 is 10.2 Å². The maximum absolute atomic E-state index is 12.3. The van der Waals surface area contributed by atoms with E-state index < -0.39 is 17.9 Å². The Morgan fingerprint density at radius 1 is 1.17 bits per heavy atom. The molecule has 1 atom stereocenters. The molecule has 132 valence electrons. The zero-order chi connectivity index (χ0) is 18.1. The van der Waals surface area contributed by atoms with Crippen LogP contribution in [0.1, 0.15) is 34.1 Å². The highest BCUT2D eigenvalue weighted by Crippen LogP contribution is 2.13. The van der Waals surface area contributed by atoms with Gasteiger partial charge in [-0.15, -0.1) is 0 Å². The molecule has 0 fully saturated rings. The van der Waals surface area contributed by atoms with Crippen molar-refractivity contribution in [1.82, 2.24) is 5.32 Å². The van der Waals surface area contributed by atoms with Crippen molar-refractivity contribution < 1.29 is 19.1 Å². The second-order valence-electron chi connectivity index (χ2n) is 5.94. The number of carbonyl (C=O) groups is 3. The first kappa shape index (κ1) is 19.7.